The minimum absolute atomic E-state index is 0.392. The van der Waals surface area contributed by atoms with Crippen molar-refractivity contribution in [2.75, 3.05) is 18.0 Å². The van der Waals surface area contributed by atoms with Crippen molar-refractivity contribution in [2.24, 2.45) is 5.92 Å². The molecule has 0 saturated carbocycles. The molecule has 0 aromatic carbocycles. The van der Waals surface area contributed by atoms with Crippen molar-refractivity contribution in [1.82, 2.24) is 9.97 Å². The molecule has 22 heavy (non-hydrogen) atoms. The Bertz CT molecular complexity index is 698. The molecular formula is C18H25N3S. The van der Waals surface area contributed by atoms with Crippen LogP contribution in [-0.4, -0.2) is 23.1 Å². The molecule has 0 N–H and O–H groups in total. The van der Waals surface area contributed by atoms with Gasteiger partial charge >= 0.3 is 0 Å². The van der Waals surface area contributed by atoms with E-state index in [1.165, 1.54) is 48.1 Å². The van der Waals surface area contributed by atoms with Gasteiger partial charge in [0.05, 0.1) is 5.39 Å². The Morgan fingerprint density at radius 1 is 1.18 bits per heavy atom. The van der Waals surface area contributed by atoms with E-state index < -0.39 is 0 Å². The summed E-state index contributed by atoms with van der Waals surface area (Å²) in [4.78, 5) is 15.2. The highest BCUT2D eigenvalue weighted by Crippen LogP contribution is 2.42. The molecule has 1 fully saturated rings. The van der Waals surface area contributed by atoms with Gasteiger partial charge in [-0.05, 0) is 43.6 Å². The highest BCUT2D eigenvalue weighted by molar-refractivity contribution is 7.19. The summed E-state index contributed by atoms with van der Waals surface area (Å²) >= 11 is 1.93. The van der Waals surface area contributed by atoms with Crippen LogP contribution in [0.1, 0.15) is 62.2 Å². The largest absolute Gasteiger partial charge is 0.356 e. The molecule has 3 nitrogen and oxygen atoms in total. The molecule has 118 valence electrons. The van der Waals surface area contributed by atoms with E-state index >= 15 is 0 Å². The molecule has 1 aliphatic carbocycles. The standard InChI is InChI=1S/C18H25N3S/c1-11(2)16-19-17(21-8-4-5-9-21)15-13-7-6-12(3)10-14(13)22-18(15)20-16/h11-12H,4-10H2,1-3H3/t12-/m0/s1. The smallest absolute Gasteiger partial charge is 0.141 e. The third-order valence-electron chi connectivity index (χ3n) is 5.08. The molecule has 1 saturated heterocycles. The first kappa shape index (κ1) is 14.4. The fraction of sp³-hybridized carbons (Fsp3) is 0.667. The monoisotopic (exact) mass is 315 g/mol. The van der Waals surface area contributed by atoms with Gasteiger partial charge < -0.3 is 4.90 Å². The number of hydrogen-bond donors (Lipinski definition) is 0. The normalized spacial score (nSPS) is 21.8. The average Bonchev–Trinajstić information content (AvgIpc) is 3.12. The van der Waals surface area contributed by atoms with Crippen LogP contribution >= 0.6 is 11.3 Å². The van der Waals surface area contributed by atoms with Crippen molar-refractivity contribution < 1.29 is 0 Å². The first-order valence-corrected chi connectivity index (χ1v) is 9.52. The number of fused-ring (bicyclic) bond motifs is 3. The van der Waals surface area contributed by atoms with Crippen LogP contribution in [0.4, 0.5) is 5.82 Å². The zero-order valence-corrected chi connectivity index (χ0v) is 14.7. The van der Waals surface area contributed by atoms with Crippen LogP contribution in [0.5, 0.6) is 0 Å². The number of nitrogens with zero attached hydrogens (tertiary/aromatic N) is 3. The Hall–Kier alpha value is -1.16. The Morgan fingerprint density at radius 2 is 1.95 bits per heavy atom. The fourth-order valence-electron chi connectivity index (χ4n) is 3.76. The van der Waals surface area contributed by atoms with Gasteiger partial charge in [0.15, 0.2) is 0 Å². The van der Waals surface area contributed by atoms with Crippen molar-refractivity contribution in [3.63, 3.8) is 0 Å². The summed E-state index contributed by atoms with van der Waals surface area (Å²) in [5.41, 5.74) is 1.57. The molecule has 3 heterocycles. The van der Waals surface area contributed by atoms with Gasteiger partial charge in [0.1, 0.15) is 16.5 Å². The topological polar surface area (TPSA) is 29.0 Å². The van der Waals surface area contributed by atoms with Gasteiger partial charge in [-0.25, -0.2) is 9.97 Å². The number of rotatable bonds is 2. The quantitative estimate of drug-likeness (QED) is 0.814. The maximum Gasteiger partial charge on any atom is 0.141 e. The van der Waals surface area contributed by atoms with Crippen LogP contribution in [0.25, 0.3) is 10.2 Å². The van der Waals surface area contributed by atoms with Gasteiger partial charge in [0.2, 0.25) is 0 Å². The first-order chi connectivity index (χ1) is 10.6. The Balaban J connectivity index is 1.93. The van der Waals surface area contributed by atoms with Gasteiger partial charge in [0, 0.05) is 23.9 Å². The van der Waals surface area contributed by atoms with Crippen molar-refractivity contribution >= 4 is 27.4 Å². The molecule has 0 spiro atoms. The molecule has 0 radical (unpaired) electrons. The molecule has 0 unspecified atom stereocenters. The number of anilines is 1. The molecule has 1 atom stereocenters. The van der Waals surface area contributed by atoms with Gasteiger partial charge in [-0.3, -0.25) is 0 Å². The summed E-state index contributed by atoms with van der Waals surface area (Å²) in [5.74, 6) is 3.46. The van der Waals surface area contributed by atoms with E-state index in [-0.39, 0.29) is 0 Å². The van der Waals surface area contributed by atoms with Crippen LogP contribution < -0.4 is 4.90 Å². The van der Waals surface area contributed by atoms with E-state index in [0.717, 1.165) is 24.8 Å². The lowest BCUT2D eigenvalue weighted by Gasteiger charge is -2.22. The number of thiophene rings is 1. The van der Waals surface area contributed by atoms with Crippen LogP contribution in [0.2, 0.25) is 0 Å². The molecule has 4 heteroatoms. The third-order valence-corrected chi connectivity index (χ3v) is 6.22. The van der Waals surface area contributed by atoms with E-state index in [2.05, 4.69) is 25.7 Å². The number of hydrogen-bond acceptors (Lipinski definition) is 4. The predicted molar refractivity (Wildman–Crippen MR) is 94.1 cm³/mol. The van der Waals surface area contributed by atoms with Gasteiger partial charge in [-0.2, -0.15) is 0 Å². The van der Waals surface area contributed by atoms with E-state index in [9.17, 15) is 0 Å². The second kappa shape index (κ2) is 5.48. The molecule has 4 rings (SSSR count). The summed E-state index contributed by atoms with van der Waals surface area (Å²) < 4.78 is 0. The number of aryl methyl sites for hydroxylation is 1. The lowest BCUT2D eigenvalue weighted by molar-refractivity contribution is 0.509. The second-order valence-corrected chi connectivity index (χ2v) is 8.37. The van der Waals surface area contributed by atoms with Crippen molar-refractivity contribution in [3.8, 4) is 0 Å². The SMILES string of the molecule is CC(C)c1nc(N2CCCC2)c2c3c(sc2n1)C[C@@H](C)CC3. The van der Waals surface area contributed by atoms with Crippen LogP contribution in [0, 0.1) is 5.92 Å². The molecule has 2 aliphatic rings. The van der Waals surface area contributed by atoms with E-state index in [1.54, 1.807) is 10.4 Å². The Labute approximate surface area is 136 Å². The molecule has 2 aromatic heterocycles. The zero-order valence-electron chi connectivity index (χ0n) is 13.9. The lowest BCUT2D eigenvalue weighted by Crippen LogP contribution is -2.21. The Morgan fingerprint density at radius 3 is 2.68 bits per heavy atom. The fourth-order valence-corrected chi connectivity index (χ4v) is 5.14. The minimum Gasteiger partial charge on any atom is -0.356 e. The minimum atomic E-state index is 0.392. The highest BCUT2D eigenvalue weighted by Gasteiger charge is 2.27. The van der Waals surface area contributed by atoms with E-state index in [1.807, 2.05) is 11.3 Å². The van der Waals surface area contributed by atoms with Gasteiger partial charge in [0.25, 0.3) is 0 Å². The average molecular weight is 315 g/mol. The zero-order chi connectivity index (χ0) is 15.3. The molecule has 2 aromatic rings. The maximum atomic E-state index is 5.00. The summed E-state index contributed by atoms with van der Waals surface area (Å²) in [6.07, 6.45) is 6.34. The number of aromatic nitrogens is 2. The summed E-state index contributed by atoms with van der Waals surface area (Å²) in [5, 5.41) is 1.39. The summed E-state index contributed by atoms with van der Waals surface area (Å²) in [6, 6.07) is 0. The molecule has 1 aliphatic heterocycles. The first-order valence-electron chi connectivity index (χ1n) is 8.70. The Kier molecular flexibility index (Phi) is 3.60. The maximum absolute atomic E-state index is 5.00. The van der Waals surface area contributed by atoms with Crippen LogP contribution in [-0.2, 0) is 12.8 Å². The van der Waals surface area contributed by atoms with Gasteiger partial charge in [-0.15, -0.1) is 11.3 Å². The van der Waals surface area contributed by atoms with E-state index in [4.69, 9.17) is 9.97 Å². The van der Waals surface area contributed by atoms with Crippen LogP contribution in [0.3, 0.4) is 0 Å². The lowest BCUT2D eigenvalue weighted by atomic mass is 9.89. The third kappa shape index (κ3) is 2.32. The van der Waals surface area contributed by atoms with Crippen molar-refractivity contribution in [2.45, 2.75) is 58.8 Å². The van der Waals surface area contributed by atoms with Crippen molar-refractivity contribution in [1.29, 1.82) is 0 Å². The van der Waals surface area contributed by atoms with Crippen LogP contribution in [0.15, 0.2) is 0 Å². The molecule has 0 amide bonds. The van der Waals surface area contributed by atoms with E-state index in [0.29, 0.717) is 5.92 Å². The highest BCUT2D eigenvalue weighted by atomic mass is 32.1. The molecule has 0 bridgehead atoms. The summed E-state index contributed by atoms with van der Waals surface area (Å²) in [6.45, 7) is 9.09. The van der Waals surface area contributed by atoms with Gasteiger partial charge in [-0.1, -0.05) is 20.8 Å². The molecular weight excluding hydrogens is 290 g/mol. The summed E-state index contributed by atoms with van der Waals surface area (Å²) in [7, 11) is 0. The predicted octanol–water partition coefficient (Wildman–Crippen LogP) is 4.54. The second-order valence-electron chi connectivity index (χ2n) is 7.29. The van der Waals surface area contributed by atoms with Crippen molar-refractivity contribution in [3.05, 3.63) is 16.3 Å².